The molecule has 0 unspecified atom stereocenters. The number of rotatable bonds is 3. The lowest BCUT2D eigenvalue weighted by molar-refractivity contribution is -0.136. The summed E-state index contributed by atoms with van der Waals surface area (Å²) in [5.74, 6) is -1.28. The summed E-state index contributed by atoms with van der Waals surface area (Å²) < 4.78 is 6.44. The molecule has 1 aliphatic heterocycles. The maximum Gasteiger partial charge on any atom is 0.313 e. The molecule has 1 atom stereocenters. The van der Waals surface area contributed by atoms with E-state index in [-0.39, 0.29) is 6.10 Å². The Balaban J connectivity index is 1.78. The van der Waals surface area contributed by atoms with Gasteiger partial charge in [-0.2, -0.15) is 0 Å². The first-order chi connectivity index (χ1) is 9.15. The van der Waals surface area contributed by atoms with E-state index in [9.17, 15) is 9.59 Å². The number of ether oxygens (including phenoxy) is 1. The Morgan fingerprint density at radius 3 is 2.63 bits per heavy atom. The smallest absolute Gasteiger partial charge is 0.313 e. The number of hydrogen-bond acceptors (Lipinski definition) is 3. The summed E-state index contributed by atoms with van der Waals surface area (Å²) in [5.41, 5.74) is 0.609. The van der Waals surface area contributed by atoms with Crippen molar-refractivity contribution in [1.29, 1.82) is 0 Å². The minimum Gasteiger partial charge on any atom is -0.376 e. The van der Waals surface area contributed by atoms with E-state index in [1.165, 1.54) is 0 Å². The SMILES string of the molecule is O=C(NC[C@@H]1CCCO1)C(=O)Nc1ccc(I)cc1. The van der Waals surface area contributed by atoms with Gasteiger partial charge in [-0.05, 0) is 59.7 Å². The van der Waals surface area contributed by atoms with Crippen molar-refractivity contribution < 1.29 is 14.3 Å². The number of hydrogen-bond donors (Lipinski definition) is 2. The molecule has 0 radical (unpaired) electrons. The molecule has 1 aromatic carbocycles. The third kappa shape index (κ3) is 4.46. The zero-order valence-corrected chi connectivity index (χ0v) is 12.5. The Labute approximate surface area is 125 Å². The maximum absolute atomic E-state index is 11.6. The first-order valence-corrected chi connectivity index (χ1v) is 7.19. The lowest BCUT2D eigenvalue weighted by Crippen LogP contribution is -2.39. The van der Waals surface area contributed by atoms with Crippen molar-refractivity contribution in [3.63, 3.8) is 0 Å². The molecular formula is C13H15IN2O3. The first kappa shape index (κ1) is 14.3. The molecule has 5 nitrogen and oxygen atoms in total. The van der Waals surface area contributed by atoms with Gasteiger partial charge < -0.3 is 15.4 Å². The minimum atomic E-state index is -0.654. The second-order valence-electron chi connectivity index (χ2n) is 4.31. The quantitative estimate of drug-likeness (QED) is 0.623. The van der Waals surface area contributed by atoms with Crippen LogP contribution in [-0.2, 0) is 14.3 Å². The van der Waals surface area contributed by atoms with E-state index in [0.717, 1.165) is 23.0 Å². The number of anilines is 1. The number of benzene rings is 1. The Hall–Kier alpha value is -1.15. The number of amides is 2. The van der Waals surface area contributed by atoms with Crippen LogP contribution in [0.1, 0.15) is 12.8 Å². The number of halogens is 1. The van der Waals surface area contributed by atoms with Crippen LogP contribution >= 0.6 is 22.6 Å². The van der Waals surface area contributed by atoms with Gasteiger partial charge in [0.05, 0.1) is 6.10 Å². The molecule has 19 heavy (non-hydrogen) atoms. The van der Waals surface area contributed by atoms with Gasteiger partial charge >= 0.3 is 11.8 Å². The summed E-state index contributed by atoms with van der Waals surface area (Å²) >= 11 is 2.17. The second-order valence-corrected chi connectivity index (χ2v) is 5.55. The van der Waals surface area contributed by atoms with E-state index in [4.69, 9.17) is 4.74 Å². The second kappa shape index (κ2) is 6.85. The summed E-state index contributed by atoms with van der Waals surface area (Å²) in [6, 6.07) is 7.24. The maximum atomic E-state index is 11.6. The molecule has 6 heteroatoms. The van der Waals surface area contributed by atoms with Crippen LogP contribution in [0.4, 0.5) is 5.69 Å². The lowest BCUT2D eigenvalue weighted by Gasteiger charge is -2.10. The van der Waals surface area contributed by atoms with E-state index in [0.29, 0.717) is 12.2 Å². The molecule has 0 saturated carbocycles. The standard InChI is InChI=1S/C13H15IN2O3/c14-9-3-5-10(6-4-9)16-13(18)12(17)15-8-11-2-1-7-19-11/h3-6,11H,1-2,7-8H2,(H,15,17)(H,16,18)/t11-/m0/s1. The molecular weight excluding hydrogens is 359 g/mol. The monoisotopic (exact) mass is 374 g/mol. The zero-order valence-electron chi connectivity index (χ0n) is 10.3. The Morgan fingerprint density at radius 2 is 2.00 bits per heavy atom. The van der Waals surface area contributed by atoms with Crippen molar-refractivity contribution in [2.24, 2.45) is 0 Å². The fourth-order valence-corrected chi connectivity index (χ4v) is 2.17. The highest BCUT2D eigenvalue weighted by Crippen LogP contribution is 2.11. The average molecular weight is 374 g/mol. The topological polar surface area (TPSA) is 67.4 Å². The first-order valence-electron chi connectivity index (χ1n) is 6.11. The number of carbonyl (C=O) groups excluding carboxylic acids is 2. The fourth-order valence-electron chi connectivity index (χ4n) is 1.81. The molecule has 2 rings (SSSR count). The van der Waals surface area contributed by atoms with E-state index < -0.39 is 11.8 Å². The third-order valence-electron chi connectivity index (χ3n) is 2.82. The Bertz CT molecular complexity index is 455. The van der Waals surface area contributed by atoms with E-state index in [1.807, 2.05) is 12.1 Å². The van der Waals surface area contributed by atoms with Crippen LogP contribution in [0.3, 0.4) is 0 Å². The van der Waals surface area contributed by atoms with Crippen molar-refractivity contribution >= 4 is 40.1 Å². The van der Waals surface area contributed by atoms with Gasteiger partial charge in [-0.15, -0.1) is 0 Å². The van der Waals surface area contributed by atoms with Crippen molar-refractivity contribution in [3.8, 4) is 0 Å². The molecule has 1 heterocycles. The normalized spacial score (nSPS) is 18.1. The van der Waals surface area contributed by atoms with Crippen LogP contribution in [0, 0.1) is 3.57 Å². The lowest BCUT2D eigenvalue weighted by atomic mass is 10.2. The predicted octanol–water partition coefficient (Wildman–Crippen LogP) is 1.52. The van der Waals surface area contributed by atoms with Gasteiger partial charge in [0.1, 0.15) is 0 Å². The van der Waals surface area contributed by atoms with Gasteiger partial charge in [0, 0.05) is 22.4 Å². The van der Waals surface area contributed by atoms with Crippen LogP contribution in [-0.4, -0.2) is 31.1 Å². The van der Waals surface area contributed by atoms with Crippen molar-refractivity contribution in [3.05, 3.63) is 27.8 Å². The van der Waals surface area contributed by atoms with Crippen LogP contribution in [0.5, 0.6) is 0 Å². The molecule has 0 bridgehead atoms. The fraction of sp³-hybridized carbons (Fsp3) is 0.385. The van der Waals surface area contributed by atoms with Gasteiger partial charge in [0.2, 0.25) is 0 Å². The van der Waals surface area contributed by atoms with Crippen LogP contribution in [0.2, 0.25) is 0 Å². The number of nitrogens with one attached hydrogen (secondary N) is 2. The summed E-state index contributed by atoms with van der Waals surface area (Å²) in [6.07, 6.45) is 1.98. The van der Waals surface area contributed by atoms with Crippen LogP contribution in [0.15, 0.2) is 24.3 Å². The molecule has 2 N–H and O–H groups in total. The third-order valence-corrected chi connectivity index (χ3v) is 3.54. The number of carbonyl (C=O) groups is 2. The van der Waals surface area contributed by atoms with Crippen LogP contribution in [0.25, 0.3) is 0 Å². The largest absolute Gasteiger partial charge is 0.376 e. The van der Waals surface area contributed by atoms with E-state index in [1.54, 1.807) is 12.1 Å². The van der Waals surface area contributed by atoms with E-state index in [2.05, 4.69) is 33.2 Å². The molecule has 1 aromatic rings. The van der Waals surface area contributed by atoms with Crippen LogP contribution < -0.4 is 10.6 Å². The highest BCUT2D eigenvalue weighted by molar-refractivity contribution is 14.1. The Kier molecular flexibility index (Phi) is 5.15. The molecule has 0 aliphatic carbocycles. The van der Waals surface area contributed by atoms with Gasteiger partial charge in [-0.1, -0.05) is 0 Å². The van der Waals surface area contributed by atoms with Crippen molar-refractivity contribution in [1.82, 2.24) is 5.32 Å². The van der Waals surface area contributed by atoms with Crippen molar-refractivity contribution in [2.45, 2.75) is 18.9 Å². The summed E-state index contributed by atoms with van der Waals surface area (Å²) in [7, 11) is 0. The highest BCUT2D eigenvalue weighted by Gasteiger charge is 2.19. The van der Waals surface area contributed by atoms with Crippen molar-refractivity contribution in [2.75, 3.05) is 18.5 Å². The Morgan fingerprint density at radius 1 is 1.26 bits per heavy atom. The summed E-state index contributed by atoms with van der Waals surface area (Å²) in [5, 5.41) is 5.13. The molecule has 1 saturated heterocycles. The molecule has 1 fully saturated rings. The molecule has 2 amide bonds. The van der Waals surface area contributed by atoms with E-state index >= 15 is 0 Å². The molecule has 0 aromatic heterocycles. The predicted molar refractivity (Wildman–Crippen MR) is 79.8 cm³/mol. The highest BCUT2D eigenvalue weighted by atomic mass is 127. The molecule has 0 spiro atoms. The summed E-state index contributed by atoms with van der Waals surface area (Å²) in [4.78, 5) is 23.2. The summed E-state index contributed by atoms with van der Waals surface area (Å²) in [6.45, 7) is 1.12. The van der Waals surface area contributed by atoms with Gasteiger partial charge in [0.15, 0.2) is 0 Å². The van der Waals surface area contributed by atoms with Gasteiger partial charge in [0.25, 0.3) is 0 Å². The average Bonchev–Trinajstić information content (AvgIpc) is 2.91. The zero-order chi connectivity index (χ0) is 13.7. The molecule has 102 valence electrons. The minimum absolute atomic E-state index is 0.0371. The van der Waals surface area contributed by atoms with Gasteiger partial charge in [-0.3, -0.25) is 9.59 Å². The molecule has 1 aliphatic rings. The van der Waals surface area contributed by atoms with Gasteiger partial charge in [-0.25, -0.2) is 0 Å².